The van der Waals surface area contributed by atoms with E-state index in [-0.39, 0.29) is 5.91 Å². The maximum Gasteiger partial charge on any atom is 0.225 e. The zero-order chi connectivity index (χ0) is 15.2. The van der Waals surface area contributed by atoms with Crippen molar-refractivity contribution >= 4 is 17.3 Å². The molecule has 1 aromatic carbocycles. The van der Waals surface area contributed by atoms with Gasteiger partial charge in [0.25, 0.3) is 0 Å². The van der Waals surface area contributed by atoms with E-state index in [4.69, 9.17) is 5.73 Å². The molecular formula is C17H27N3O. The summed E-state index contributed by atoms with van der Waals surface area (Å²) < 4.78 is 0. The number of nitrogens with zero attached hydrogens (tertiary/aromatic N) is 1. The van der Waals surface area contributed by atoms with E-state index >= 15 is 0 Å². The smallest absolute Gasteiger partial charge is 0.225 e. The Morgan fingerprint density at radius 2 is 2.10 bits per heavy atom. The Kier molecular flexibility index (Phi) is 5.62. The second kappa shape index (κ2) is 7.46. The summed E-state index contributed by atoms with van der Waals surface area (Å²) >= 11 is 0. The molecule has 1 aliphatic carbocycles. The average molecular weight is 289 g/mol. The molecule has 0 aliphatic heterocycles. The van der Waals surface area contributed by atoms with Crippen LogP contribution in [0.1, 0.15) is 37.7 Å². The Morgan fingerprint density at radius 1 is 1.38 bits per heavy atom. The van der Waals surface area contributed by atoms with Gasteiger partial charge in [0.05, 0.1) is 0 Å². The number of anilines is 2. The fourth-order valence-corrected chi connectivity index (χ4v) is 3.00. The number of rotatable bonds is 6. The van der Waals surface area contributed by atoms with E-state index in [9.17, 15) is 4.79 Å². The van der Waals surface area contributed by atoms with Gasteiger partial charge in [0.1, 0.15) is 0 Å². The second-order valence-corrected chi connectivity index (χ2v) is 6.29. The van der Waals surface area contributed by atoms with Gasteiger partial charge in [-0.15, -0.1) is 0 Å². The van der Waals surface area contributed by atoms with Crippen molar-refractivity contribution in [1.82, 2.24) is 4.90 Å². The monoisotopic (exact) mass is 289 g/mol. The van der Waals surface area contributed by atoms with Gasteiger partial charge >= 0.3 is 0 Å². The molecule has 0 aromatic heterocycles. The van der Waals surface area contributed by atoms with Gasteiger partial charge in [-0.05, 0) is 50.4 Å². The van der Waals surface area contributed by atoms with Gasteiger partial charge in [0.2, 0.25) is 5.91 Å². The number of nitrogens with two attached hydrogens (primary N) is 1. The molecule has 0 saturated heterocycles. The predicted octanol–water partition coefficient (Wildman–Crippen LogP) is 3.03. The van der Waals surface area contributed by atoms with Crippen LogP contribution in [0.15, 0.2) is 18.2 Å². The highest BCUT2D eigenvalue weighted by Crippen LogP contribution is 2.25. The molecule has 1 fully saturated rings. The highest BCUT2D eigenvalue weighted by atomic mass is 16.1. The number of aryl methyl sites for hydroxylation is 1. The van der Waals surface area contributed by atoms with Gasteiger partial charge in [0.15, 0.2) is 0 Å². The maximum absolute atomic E-state index is 12.0. The van der Waals surface area contributed by atoms with Crippen molar-refractivity contribution < 1.29 is 4.79 Å². The first-order valence-corrected chi connectivity index (χ1v) is 7.89. The van der Waals surface area contributed by atoms with E-state index in [0.717, 1.165) is 30.3 Å². The minimum Gasteiger partial charge on any atom is -0.399 e. The molecule has 116 valence electrons. The lowest BCUT2D eigenvalue weighted by molar-refractivity contribution is -0.116. The third-order valence-electron chi connectivity index (χ3n) is 4.30. The van der Waals surface area contributed by atoms with Crippen molar-refractivity contribution in [2.75, 3.05) is 31.2 Å². The van der Waals surface area contributed by atoms with E-state index in [1.807, 2.05) is 25.1 Å². The zero-order valence-corrected chi connectivity index (χ0v) is 13.2. The van der Waals surface area contributed by atoms with Gasteiger partial charge in [-0.25, -0.2) is 0 Å². The SMILES string of the molecule is Cc1ccc(N)cc1NC(=O)CCN(C)CC1CCCC1. The lowest BCUT2D eigenvalue weighted by atomic mass is 10.1. The summed E-state index contributed by atoms with van der Waals surface area (Å²) in [4.78, 5) is 14.3. The number of nitrogens with one attached hydrogen (secondary N) is 1. The first kappa shape index (κ1) is 15.8. The van der Waals surface area contributed by atoms with Crippen LogP contribution in [0.2, 0.25) is 0 Å². The number of benzene rings is 1. The summed E-state index contributed by atoms with van der Waals surface area (Å²) in [6.45, 7) is 3.90. The van der Waals surface area contributed by atoms with Gasteiger partial charge < -0.3 is 16.0 Å². The van der Waals surface area contributed by atoms with E-state index in [0.29, 0.717) is 12.1 Å². The molecule has 1 amide bonds. The van der Waals surface area contributed by atoms with Crippen LogP contribution in [-0.2, 0) is 4.79 Å². The summed E-state index contributed by atoms with van der Waals surface area (Å²) in [5, 5.41) is 2.95. The van der Waals surface area contributed by atoms with Crippen molar-refractivity contribution in [3.05, 3.63) is 23.8 Å². The third kappa shape index (κ3) is 5.05. The molecule has 0 spiro atoms. The molecule has 1 aromatic rings. The zero-order valence-electron chi connectivity index (χ0n) is 13.2. The highest BCUT2D eigenvalue weighted by Gasteiger charge is 2.17. The molecule has 0 radical (unpaired) electrons. The summed E-state index contributed by atoms with van der Waals surface area (Å²) in [6, 6.07) is 5.59. The number of carbonyl (C=O) groups is 1. The van der Waals surface area contributed by atoms with Crippen LogP contribution in [0.25, 0.3) is 0 Å². The van der Waals surface area contributed by atoms with Gasteiger partial charge in [-0.3, -0.25) is 4.79 Å². The summed E-state index contributed by atoms with van der Waals surface area (Å²) in [5.41, 5.74) is 8.29. The van der Waals surface area contributed by atoms with Crippen molar-refractivity contribution in [3.8, 4) is 0 Å². The van der Waals surface area contributed by atoms with Crippen molar-refractivity contribution in [2.24, 2.45) is 5.92 Å². The molecule has 21 heavy (non-hydrogen) atoms. The first-order valence-electron chi connectivity index (χ1n) is 7.89. The third-order valence-corrected chi connectivity index (χ3v) is 4.30. The van der Waals surface area contributed by atoms with Gasteiger partial charge in [-0.2, -0.15) is 0 Å². The lowest BCUT2D eigenvalue weighted by Crippen LogP contribution is -2.28. The molecule has 1 aliphatic rings. The van der Waals surface area contributed by atoms with Gasteiger partial charge in [0, 0.05) is 30.9 Å². The average Bonchev–Trinajstić information content (AvgIpc) is 2.93. The van der Waals surface area contributed by atoms with Crippen LogP contribution in [-0.4, -0.2) is 30.9 Å². The molecule has 0 unspecified atom stereocenters. The Hall–Kier alpha value is -1.55. The molecule has 4 nitrogen and oxygen atoms in total. The Labute approximate surface area is 127 Å². The summed E-state index contributed by atoms with van der Waals surface area (Å²) in [7, 11) is 2.11. The minimum atomic E-state index is 0.0574. The van der Waals surface area contributed by atoms with Crippen molar-refractivity contribution in [1.29, 1.82) is 0 Å². The van der Waals surface area contributed by atoms with Crippen LogP contribution in [0.5, 0.6) is 0 Å². The largest absolute Gasteiger partial charge is 0.399 e. The minimum absolute atomic E-state index is 0.0574. The number of hydrogen-bond donors (Lipinski definition) is 2. The van der Waals surface area contributed by atoms with Crippen LogP contribution < -0.4 is 11.1 Å². The van der Waals surface area contributed by atoms with E-state index in [2.05, 4.69) is 17.3 Å². The van der Waals surface area contributed by atoms with Crippen LogP contribution in [0.3, 0.4) is 0 Å². The first-order chi connectivity index (χ1) is 10.0. The van der Waals surface area contributed by atoms with Crippen LogP contribution in [0.4, 0.5) is 11.4 Å². The fourth-order valence-electron chi connectivity index (χ4n) is 3.00. The van der Waals surface area contributed by atoms with E-state index < -0.39 is 0 Å². The number of amides is 1. The Bertz CT molecular complexity index is 481. The molecule has 0 atom stereocenters. The molecule has 1 saturated carbocycles. The maximum atomic E-state index is 12.0. The molecule has 3 N–H and O–H groups in total. The number of nitrogen functional groups attached to an aromatic ring is 1. The quantitative estimate of drug-likeness (QED) is 0.791. The number of carbonyl (C=O) groups excluding carboxylic acids is 1. The number of hydrogen-bond acceptors (Lipinski definition) is 3. The van der Waals surface area contributed by atoms with Crippen molar-refractivity contribution in [2.45, 2.75) is 39.0 Å². The van der Waals surface area contributed by atoms with E-state index in [1.54, 1.807) is 0 Å². The van der Waals surface area contributed by atoms with Crippen LogP contribution in [0, 0.1) is 12.8 Å². The van der Waals surface area contributed by atoms with Crippen LogP contribution >= 0.6 is 0 Å². The lowest BCUT2D eigenvalue weighted by Gasteiger charge is -2.20. The predicted molar refractivity (Wildman–Crippen MR) is 88.3 cm³/mol. The van der Waals surface area contributed by atoms with Crippen molar-refractivity contribution in [3.63, 3.8) is 0 Å². The summed E-state index contributed by atoms with van der Waals surface area (Å²) in [5.74, 6) is 0.885. The topological polar surface area (TPSA) is 58.4 Å². The Balaban J connectivity index is 1.75. The molecule has 0 heterocycles. The molecule has 2 rings (SSSR count). The summed E-state index contributed by atoms with van der Waals surface area (Å²) in [6.07, 6.45) is 5.96. The Morgan fingerprint density at radius 3 is 2.81 bits per heavy atom. The molecule has 0 bridgehead atoms. The standard InChI is InChI=1S/C17H27N3O/c1-13-7-8-15(18)11-16(13)19-17(21)9-10-20(2)12-14-5-3-4-6-14/h7-8,11,14H,3-6,9-10,12,18H2,1-2H3,(H,19,21). The van der Waals surface area contributed by atoms with Gasteiger partial charge in [-0.1, -0.05) is 18.9 Å². The second-order valence-electron chi connectivity index (χ2n) is 6.29. The molecular weight excluding hydrogens is 262 g/mol. The molecule has 4 heteroatoms. The van der Waals surface area contributed by atoms with E-state index in [1.165, 1.54) is 25.7 Å². The highest BCUT2D eigenvalue weighted by molar-refractivity contribution is 5.92. The normalized spacial score (nSPS) is 15.6. The fraction of sp³-hybridized carbons (Fsp3) is 0.588.